The molecule has 3 rings (SSSR count). The number of aliphatic hydroxyl groups is 1. The lowest BCUT2D eigenvalue weighted by atomic mass is 9.98. The third-order valence-electron chi connectivity index (χ3n) is 4.44. The van der Waals surface area contributed by atoms with Crippen molar-refractivity contribution < 1.29 is 19.3 Å². The number of fused-ring (bicyclic) bond motifs is 1. The summed E-state index contributed by atoms with van der Waals surface area (Å²) in [6, 6.07) is 0. The van der Waals surface area contributed by atoms with Crippen LogP contribution in [0.3, 0.4) is 0 Å². The van der Waals surface area contributed by atoms with E-state index in [0.29, 0.717) is 22.7 Å². The molecule has 2 aromatic rings. The number of anilines is 1. The van der Waals surface area contributed by atoms with E-state index in [1.54, 1.807) is 6.92 Å². The van der Waals surface area contributed by atoms with E-state index in [0.717, 1.165) is 25.7 Å². The monoisotopic (exact) mass is 363 g/mol. The maximum Gasteiger partial charge on any atom is 0.247 e. The van der Waals surface area contributed by atoms with Gasteiger partial charge in [0.25, 0.3) is 0 Å². The minimum atomic E-state index is -0.970. The SMILES string of the molecule is COCO[C@@H](C)[C@H](O)c1cnc2nc(N)nc(OC3CCCCC3)c2n1. The average Bonchev–Trinajstić information content (AvgIpc) is 2.66. The van der Waals surface area contributed by atoms with E-state index in [1.165, 1.54) is 19.7 Å². The van der Waals surface area contributed by atoms with E-state index >= 15 is 0 Å². The van der Waals surface area contributed by atoms with Crippen molar-refractivity contribution in [2.75, 3.05) is 19.6 Å². The van der Waals surface area contributed by atoms with E-state index in [-0.39, 0.29) is 18.8 Å². The zero-order valence-corrected chi connectivity index (χ0v) is 15.1. The van der Waals surface area contributed by atoms with Crippen molar-refractivity contribution in [2.24, 2.45) is 0 Å². The van der Waals surface area contributed by atoms with Crippen molar-refractivity contribution in [3.63, 3.8) is 0 Å². The Kier molecular flexibility index (Phi) is 6.12. The summed E-state index contributed by atoms with van der Waals surface area (Å²) in [5.41, 5.74) is 6.85. The summed E-state index contributed by atoms with van der Waals surface area (Å²) in [6.07, 6.45) is 5.49. The molecule has 0 unspecified atom stereocenters. The van der Waals surface area contributed by atoms with Gasteiger partial charge in [-0.2, -0.15) is 9.97 Å². The summed E-state index contributed by atoms with van der Waals surface area (Å²) in [7, 11) is 1.52. The van der Waals surface area contributed by atoms with Crippen molar-refractivity contribution in [2.45, 2.75) is 57.3 Å². The number of nitrogen functional groups attached to an aromatic ring is 1. The molecule has 0 spiro atoms. The predicted molar refractivity (Wildman–Crippen MR) is 94.4 cm³/mol. The first-order chi connectivity index (χ1) is 12.6. The molecule has 1 aliphatic rings. The molecule has 0 bridgehead atoms. The highest BCUT2D eigenvalue weighted by Crippen LogP contribution is 2.28. The van der Waals surface area contributed by atoms with Crippen LogP contribution in [0.4, 0.5) is 5.95 Å². The molecular formula is C17H25N5O4. The second kappa shape index (κ2) is 8.52. The number of nitrogens with two attached hydrogens (primary N) is 1. The Balaban J connectivity index is 1.88. The quantitative estimate of drug-likeness (QED) is 0.707. The third-order valence-corrected chi connectivity index (χ3v) is 4.44. The van der Waals surface area contributed by atoms with Gasteiger partial charge in [-0.1, -0.05) is 6.42 Å². The molecule has 2 aromatic heterocycles. The van der Waals surface area contributed by atoms with E-state index in [9.17, 15) is 5.11 Å². The number of hydrogen-bond donors (Lipinski definition) is 2. The molecule has 1 saturated carbocycles. The van der Waals surface area contributed by atoms with Gasteiger partial charge in [0.1, 0.15) is 19.0 Å². The second-order valence-electron chi connectivity index (χ2n) is 6.46. The molecule has 0 amide bonds. The molecule has 2 heterocycles. The second-order valence-corrected chi connectivity index (χ2v) is 6.46. The minimum absolute atomic E-state index is 0.0783. The molecule has 0 radical (unpaired) electrons. The Morgan fingerprint density at radius 3 is 2.73 bits per heavy atom. The molecule has 3 N–H and O–H groups in total. The molecule has 0 aromatic carbocycles. The molecule has 1 aliphatic carbocycles. The maximum absolute atomic E-state index is 10.5. The van der Waals surface area contributed by atoms with Gasteiger partial charge in [0, 0.05) is 7.11 Å². The first-order valence-electron chi connectivity index (χ1n) is 8.84. The van der Waals surface area contributed by atoms with Gasteiger partial charge < -0.3 is 25.1 Å². The summed E-state index contributed by atoms with van der Waals surface area (Å²) in [5.74, 6) is 0.397. The van der Waals surface area contributed by atoms with Crippen molar-refractivity contribution >= 4 is 17.1 Å². The van der Waals surface area contributed by atoms with Gasteiger partial charge in [0.2, 0.25) is 11.8 Å². The predicted octanol–water partition coefficient (Wildman–Crippen LogP) is 1.76. The van der Waals surface area contributed by atoms with Crippen LogP contribution in [0.15, 0.2) is 6.20 Å². The Bertz CT molecular complexity index is 738. The first kappa shape index (κ1) is 18.7. The van der Waals surface area contributed by atoms with Crippen LogP contribution in [0, 0.1) is 0 Å². The Labute approximate surface area is 151 Å². The van der Waals surface area contributed by atoms with Crippen LogP contribution in [-0.4, -0.2) is 51.2 Å². The third kappa shape index (κ3) is 4.35. The summed E-state index contributed by atoms with van der Waals surface area (Å²) >= 11 is 0. The number of ether oxygens (including phenoxy) is 3. The molecule has 142 valence electrons. The zero-order chi connectivity index (χ0) is 18.5. The number of nitrogens with zero attached hydrogens (tertiary/aromatic N) is 4. The molecule has 2 atom stereocenters. The van der Waals surface area contributed by atoms with Crippen LogP contribution >= 0.6 is 0 Å². The lowest BCUT2D eigenvalue weighted by Gasteiger charge is -2.23. The average molecular weight is 363 g/mol. The van der Waals surface area contributed by atoms with Crippen LogP contribution in [0.5, 0.6) is 5.88 Å². The lowest BCUT2D eigenvalue weighted by Crippen LogP contribution is -2.22. The van der Waals surface area contributed by atoms with Crippen LogP contribution in [-0.2, 0) is 9.47 Å². The van der Waals surface area contributed by atoms with Gasteiger partial charge in [-0.05, 0) is 32.6 Å². The fourth-order valence-electron chi connectivity index (χ4n) is 2.98. The van der Waals surface area contributed by atoms with Gasteiger partial charge in [0.05, 0.1) is 18.0 Å². The highest BCUT2D eigenvalue weighted by Gasteiger charge is 2.23. The molecule has 1 fully saturated rings. The van der Waals surface area contributed by atoms with E-state index in [4.69, 9.17) is 19.9 Å². The van der Waals surface area contributed by atoms with E-state index in [1.807, 2.05) is 0 Å². The summed E-state index contributed by atoms with van der Waals surface area (Å²) in [6.45, 7) is 1.81. The number of methoxy groups -OCH3 is 1. The molecule has 9 heteroatoms. The summed E-state index contributed by atoms with van der Waals surface area (Å²) in [5, 5.41) is 10.5. The van der Waals surface area contributed by atoms with Crippen molar-refractivity contribution in [3.8, 4) is 5.88 Å². The number of aliphatic hydroxyl groups excluding tert-OH is 1. The smallest absolute Gasteiger partial charge is 0.247 e. The number of hydrogen-bond acceptors (Lipinski definition) is 9. The topological polar surface area (TPSA) is 126 Å². The van der Waals surface area contributed by atoms with Gasteiger partial charge in [-0.3, -0.25) is 0 Å². The zero-order valence-electron chi connectivity index (χ0n) is 15.1. The first-order valence-corrected chi connectivity index (χ1v) is 8.84. The van der Waals surface area contributed by atoms with Gasteiger partial charge >= 0.3 is 0 Å². The molecule has 9 nitrogen and oxygen atoms in total. The van der Waals surface area contributed by atoms with Gasteiger partial charge in [0.15, 0.2) is 11.2 Å². The van der Waals surface area contributed by atoms with Crippen LogP contribution in [0.1, 0.15) is 50.8 Å². The van der Waals surface area contributed by atoms with Crippen molar-refractivity contribution in [1.82, 2.24) is 19.9 Å². The molecular weight excluding hydrogens is 338 g/mol. The molecule has 0 saturated heterocycles. The van der Waals surface area contributed by atoms with Crippen LogP contribution in [0.2, 0.25) is 0 Å². The van der Waals surface area contributed by atoms with Gasteiger partial charge in [-0.25, -0.2) is 9.97 Å². The maximum atomic E-state index is 10.5. The Morgan fingerprint density at radius 2 is 2.00 bits per heavy atom. The van der Waals surface area contributed by atoms with Crippen molar-refractivity contribution in [3.05, 3.63) is 11.9 Å². The summed E-state index contributed by atoms with van der Waals surface area (Å²) < 4.78 is 16.3. The Morgan fingerprint density at radius 1 is 1.23 bits per heavy atom. The van der Waals surface area contributed by atoms with E-state index < -0.39 is 12.2 Å². The van der Waals surface area contributed by atoms with Crippen molar-refractivity contribution in [1.29, 1.82) is 0 Å². The van der Waals surface area contributed by atoms with Crippen LogP contribution < -0.4 is 10.5 Å². The largest absolute Gasteiger partial charge is 0.473 e. The Hall–Kier alpha value is -2.10. The lowest BCUT2D eigenvalue weighted by molar-refractivity contribution is -0.106. The summed E-state index contributed by atoms with van der Waals surface area (Å²) in [4.78, 5) is 17.0. The molecule has 26 heavy (non-hydrogen) atoms. The highest BCUT2D eigenvalue weighted by atomic mass is 16.7. The highest BCUT2D eigenvalue weighted by molar-refractivity contribution is 5.76. The standard InChI is InChI=1S/C17H25N5O4/c1-10(25-9-24-2)14(23)12-8-19-15-13(20-12)16(22-17(18)21-15)26-11-6-4-3-5-7-11/h8,10-11,14,23H,3-7,9H2,1-2H3,(H2,18,19,21,22)/t10-,14-/m0/s1. The van der Waals surface area contributed by atoms with Crippen LogP contribution in [0.25, 0.3) is 11.2 Å². The normalized spacial score (nSPS) is 18.0. The fraction of sp³-hybridized carbons (Fsp3) is 0.647. The minimum Gasteiger partial charge on any atom is -0.473 e. The fourth-order valence-corrected chi connectivity index (χ4v) is 2.98. The molecule has 0 aliphatic heterocycles. The van der Waals surface area contributed by atoms with Gasteiger partial charge in [-0.15, -0.1) is 0 Å². The number of rotatable bonds is 7. The number of aromatic nitrogens is 4. The van der Waals surface area contributed by atoms with E-state index in [2.05, 4.69) is 19.9 Å².